The van der Waals surface area contributed by atoms with E-state index in [4.69, 9.17) is 10.5 Å². The SMILES string of the molecule is Nc1cccc(OCCS(=O)(=O)Nc2ccc(F)nc2)c1. The van der Waals surface area contributed by atoms with Crippen LogP contribution in [0.1, 0.15) is 0 Å². The van der Waals surface area contributed by atoms with Crippen molar-refractivity contribution in [2.24, 2.45) is 0 Å². The van der Waals surface area contributed by atoms with Gasteiger partial charge in [-0.15, -0.1) is 0 Å². The van der Waals surface area contributed by atoms with Crippen LogP contribution in [0.25, 0.3) is 0 Å². The quantitative estimate of drug-likeness (QED) is 0.624. The first-order valence-corrected chi connectivity index (χ1v) is 7.70. The van der Waals surface area contributed by atoms with E-state index in [1.54, 1.807) is 24.3 Å². The van der Waals surface area contributed by atoms with Gasteiger partial charge in [-0.1, -0.05) is 6.07 Å². The minimum Gasteiger partial charge on any atom is -0.492 e. The van der Waals surface area contributed by atoms with Gasteiger partial charge in [0, 0.05) is 11.8 Å². The molecule has 21 heavy (non-hydrogen) atoms. The van der Waals surface area contributed by atoms with Crippen molar-refractivity contribution < 1.29 is 17.5 Å². The number of nitrogens with two attached hydrogens (primary N) is 1. The third-order valence-electron chi connectivity index (χ3n) is 2.48. The molecule has 2 rings (SSSR count). The molecule has 6 nitrogen and oxygen atoms in total. The van der Waals surface area contributed by atoms with Gasteiger partial charge in [-0.05, 0) is 24.3 Å². The van der Waals surface area contributed by atoms with E-state index < -0.39 is 16.0 Å². The van der Waals surface area contributed by atoms with Crippen molar-refractivity contribution in [3.05, 3.63) is 48.5 Å². The highest BCUT2D eigenvalue weighted by molar-refractivity contribution is 7.92. The lowest BCUT2D eigenvalue weighted by Gasteiger charge is -2.09. The molecule has 0 saturated carbocycles. The molecule has 0 fully saturated rings. The van der Waals surface area contributed by atoms with Gasteiger partial charge in [0.05, 0.1) is 11.9 Å². The lowest BCUT2D eigenvalue weighted by Crippen LogP contribution is -2.21. The number of nitrogens with zero attached hydrogens (tertiary/aromatic N) is 1. The normalized spacial score (nSPS) is 11.1. The van der Waals surface area contributed by atoms with Crippen molar-refractivity contribution in [1.29, 1.82) is 0 Å². The van der Waals surface area contributed by atoms with Crippen LogP contribution in [0.3, 0.4) is 0 Å². The predicted molar refractivity (Wildman–Crippen MR) is 78.0 cm³/mol. The number of hydrogen-bond acceptors (Lipinski definition) is 5. The lowest BCUT2D eigenvalue weighted by molar-refractivity contribution is 0.341. The van der Waals surface area contributed by atoms with E-state index in [0.29, 0.717) is 11.4 Å². The summed E-state index contributed by atoms with van der Waals surface area (Å²) in [4.78, 5) is 3.36. The molecule has 0 atom stereocenters. The Morgan fingerprint density at radius 2 is 2.10 bits per heavy atom. The van der Waals surface area contributed by atoms with Crippen LogP contribution in [0, 0.1) is 5.95 Å². The summed E-state index contributed by atoms with van der Waals surface area (Å²) in [6.07, 6.45) is 1.10. The Morgan fingerprint density at radius 3 is 2.76 bits per heavy atom. The topological polar surface area (TPSA) is 94.3 Å². The molecular formula is C13H14FN3O3S. The molecule has 0 bridgehead atoms. The predicted octanol–water partition coefficient (Wildman–Crippen LogP) is 1.62. The summed E-state index contributed by atoms with van der Waals surface area (Å²) in [5.74, 6) is -0.435. The zero-order valence-electron chi connectivity index (χ0n) is 11.0. The third-order valence-corrected chi connectivity index (χ3v) is 3.73. The van der Waals surface area contributed by atoms with Crippen LogP contribution < -0.4 is 15.2 Å². The average molecular weight is 311 g/mol. The first kappa shape index (κ1) is 15.0. The molecule has 0 aliphatic carbocycles. The van der Waals surface area contributed by atoms with Crippen LogP contribution in [0.15, 0.2) is 42.6 Å². The zero-order valence-corrected chi connectivity index (χ0v) is 11.8. The van der Waals surface area contributed by atoms with E-state index in [9.17, 15) is 12.8 Å². The van der Waals surface area contributed by atoms with Crippen molar-refractivity contribution in [2.75, 3.05) is 22.8 Å². The maximum atomic E-state index is 12.6. The molecule has 0 spiro atoms. The molecule has 0 aliphatic heterocycles. The van der Waals surface area contributed by atoms with E-state index in [2.05, 4.69) is 9.71 Å². The van der Waals surface area contributed by atoms with Crippen molar-refractivity contribution in [2.45, 2.75) is 0 Å². The Kier molecular flexibility index (Phi) is 4.59. The molecule has 0 unspecified atom stereocenters. The molecular weight excluding hydrogens is 297 g/mol. The van der Waals surface area contributed by atoms with Gasteiger partial charge in [-0.25, -0.2) is 13.4 Å². The summed E-state index contributed by atoms with van der Waals surface area (Å²) in [5.41, 5.74) is 6.31. The smallest absolute Gasteiger partial charge is 0.236 e. The van der Waals surface area contributed by atoms with Gasteiger partial charge in [0.15, 0.2) is 0 Å². The third kappa shape index (κ3) is 4.92. The van der Waals surface area contributed by atoms with Gasteiger partial charge in [0.25, 0.3) is 0 Å². The highest BCUT2D eigenvalue weighted by Crippen LogP contribution is 2.14. The zero-order chi connectivity index (χ0) is 15.3. The number of nitrogen functional groups attached to an aromatic ring is 1. The molecule has 3 N–H and O–H groups in total. The minimum atomic E-state index is -3.60. The summed E-state index contributed by atoms with van der Waals surface area (Å²) in [6, 6.07) is 9.05. The second-order valence-electron chi connectivity index (χ2n) is 4.21. The fourth-order valence-corrected chi connectivity index (χ4v) is 2.43. The van der Waals surface area contributed by atoms with E-state index >= 15 is 0 Å². The van der Waals surface area contributed by atoms with Gasteiger partial charge in [-0.2, -0.15) is 4.39 Å². The van der Waals surface area contributed by atoms with Gasteiger partial charge >= 0.3 is 0 Å². The van der Waals surface area contributed by atoms with E-state index in [1.807, 2.05) is 0 Å². The Bertz CT molecular complexity index is 705. The lowest BCUT2D eigenvalue weighted by atomic mass is 10.3. The fourth-order valence-electron chi connectivity index (χ4n) is 1.54. The van der Waals surface area contributed by atoms with E-state index in [0.717, 1.165) is 12.3 Å². The Morgan fingerprint density at radius 1 is 1.29 bits per heavy atom. The van der Waals surface area contributed by atoms with Crippen LogP contribution in [0.2, 0.25) is 0 Å². The molecule has 2 aromatic rings. The number of aromatic nitrogens is 1. The Labute approximate surface area is 121 Å². The summed E-state index contributed by atoms with van der Waals surface area (Å²) in [6.45, 7) is -0.0343. The number of benzene rings is 1. The first-order valence-electron chi connectivity index (χ1n) is 6.05. The molecule has 0 radical (unpaired) electrons. The average Bonchev–Trinajstić information content (AvgIpc) is 2.41. The number of halogens is 1. The second kappa shape index (κ2) is 6.40. The molecule has 112 valence electrons. The maximum Gasteiger partial charge on any atom is 0.236 e. The van der Waals surface area contributed by atoms with Gasteiger partial charge in [0.2, 0.25) is 16.0 Å². The molecule has 8 heteroatoms. The number of anilines is 2. The first-order chi connectivity index (χ1) is 9.94. The van der Waals surface area contributed by atoms with Crippen LogP contribution in [-0.2, 0) is 10.0 Å². The van der Waals surface area contributed by atoms with Crippen LogP contribution >= 0.6 is 0 Å². The highest BCUT2D eigenvalue weighted by atomic mass is 32.2. The second-order valence-corrected chi connectivity index (χ2v) is 6.05. The molecule has 1 aromatic heterocycles. The van der Waals surface area contributed by atoms with Crippen molar-refractivity contribution in [3.8, 4) is 5.75 Å². The standard InChI is InChI=1S/C13H14FN3O3S/c14-13-5-4-11(9-16-13)17-21(18,19)7-6-20-12-3-1-2-10(15)8-12/h1-5,8-9,17H,6-7,15H2. The largest absolute Gasteiger partial charge is 0.492 e. The summed E-state index contributed by atoms with van der Waals surface area (Å²) in [7, 11) is -3.60. The van der Waals surface area contributed by atoms with E-state index in [-0.39, 0.29) is 18.0 Å². The van der Waals surface area contributed by atoms with E-state index in [1.165, 1.54) is 6.07 Å². The Hall–Kier alpha value is -2.35. The van der Waals surface area contributed by atoms with Crippen LogP contribution in [0.5, 0.6) is 5.75 Å². The number of sulfonamides is 1. The highest BCUT2D eigenvalue weighted by Gasteiger charge is 2.11. The van der Waals surface area contributed by atoms with Gasteiger partial charge in [0.1, 0.15) is 18.1 Å². The molecule has 1 aromatic carbocycles. The van der Waals surface area contributed by atoms with Crippen molar-refractivity contribution in [1.82, 2.24) is 4.98 Å². The van der Waals surface area contributed by atoms with Crippen molar-refractivity contribution in [3.63, 3.8) is 0 Å². The van der Waals surface area contributed by atoms with Crippen molar-refractivity contribution >= 4 is 21.4 Å². The molecule has 0 aliphatic rings. The van der Waals surface area contributed by atoms with Gasteiger partial charge < -0.3 is 10.5 Å². The molecule has 0 saturated heterocycles. The van der Waals surface area contributed by atoms with Crippen LogP contribution in [-0.4, -0.2) is 25.8 Å². The number of rotatable bonds is 6. The number of ether oxygens (including phenoxy) is 1. The number of hydrogen-bond donors (Lipinski definition) is 2. The van der Waals surface area contributed by atoms with Crippen LogP contribution in [0.4, 0.5) is 15.8 Å². The molecule has 0 amide bonds. The Balaban J connectivity index is 1.88. The molecule has 1 heterocycles. The number of nitrogens with one attached hydrogen (secondary N) is 1. The maximum absolute atomic E-state index is 12.6. The van der Waals surface area contributed by atoms with Gasteiger partial charge in [-0.3, -0.25) is 4.72 Å². The monoisotopic (exact) mass is 311 g/mol. The summed E-state index contributed by atoms with van der Waals surface area (Å²) in [5, 5.41) is 0. The minimum absolute atomic E-state index is 0.0343. The summed E-state index contributed by atoms with van der Waals surface area (Å²) < 4.78 is 43.8. The fraction of sp³-hybridized carbons (Fsp3) is 0.154. The summed E-state index contributed by atoms with van der Waals surface area (Å²) >= 11 is 0. The number of pyridine rings is 1.